The summed E-state index contributed by atoms with van der Waals surface area (Å²) < 4.78 is 5.52. The molecule has 0 saturated carbocycles. The van der Waals surface area contributed by atoms with Gasteiger partial charge in [-0.25, -0.2) is 4.79 Å². The molecule has 1 N–H and O–H groups in total. The van der Waals surface area contributed by atoms with Crippen molar-refractivity contribution in [3.8, 4) is 0 Å². The highest BCUT2D eigenvalue weighted by molar-refractivity contribution is 6.30. The lowest BCUT2D eigenvalue weighted by Crippen LogP contribution is -2.49. The Morgan fingerprint density at radius 1 is 1.30 bits per heavy atom. The minimum absolute atomic E-state index is 0.00205. The predicted octanol–water partition coefficient (Wildman–Crippen LogP) is 3.28. The van der Waals surface area contributed by atoms with E-state index in [0.717, 1.165) is 24.8 Å². The first-order valence-corrected chi connectivity index (χ1v) is 8.43. The molecule has 0 bridgehead atoms. The normalized spacial score (nSPS) is 28.0. The van der Waals surface area contributed by atoms with E-state index in [2.05, 4.69) is 5.32 Å². The van der Waals surface area contributed by atoms with Gasteiger partial charge in [-0.05, 0) is 43.9 Å². The zero-order valence-electron chi connectivity index (χ0n) is 13.1. The molecule has 0 aromatic heterocycles. The number of benzene rings is 1. The van der Waals surface area contributed by atoms with Crippen LogP contribution in [0.25, 0.3) is 0 Å². The molecular formula is C17H21ClN2O3. The lowest BCUT2D eigenvalue weighted by atomic mass is 9.93. The van der Waals surface area contributed by atoms with E-state index in [4.69, 9.17) is 16.3 Å². The molecule has 1 aromatic rings. The molecule has 2 aliphatic rings. The molecule has 2 aliphatic heterocycles. The van der Waals surface area contributed by atoms with E-state index in [9.17, 15) is 9.59 Å². The highest BCUT2D eigenvalue weighted by atomic mass is 35.5. The summed E-state index contributed by atoms with van der Waals surface area (Å²) in [5.41, 5.74) is 1.03. The van der Waals surface area contributed by atoms with Crippen LogP contribution in [0.1, 0.15) is 44.1 Å². The maximum absolute atomic E-state index is 12.5. The maximum atomic E-state index is 12.5. The van der Waals surface area contributed by atoms with Crippen molar-refractivity contribution in [1.82, 2.24) is 10.2 Å². The van der Waals surface area contributed by atoms with Crippen LogP contribution in [-0.2, 0) is 9.53 Å². The Morgan fingerprint density at radius 3 is 2.70 bits per heavy atom. The Kier molecular flexibility index (Phi) is 4.87. The first-order valence-electron chi connectivity index (χ1n) is 8.06. The first kappa shape index (κ1) is 16.3. The zero-order chi connectivity index (χ0) is 16.4. The molecule has 1 aromatic carbocycles. The van der Waals surface area contributed by atoms with Crippen LogP contribution in [0.3, 0.4) is 0 Å². The number of imide groups is 1. The lowest BCUT2D eigenvalue weighted by molar-refractivity contribution is -0.126. The summed E-state index contributed by atoms with van der Waals surface area (Å²) in [6.45, 7) is 2.56. The first-order chi connectivity index (χ1) is 11.1. The van der Waals surface area contributed by atoms with Crippen LogP contribution in [0.4, 0.5) is 4.79 Å². The van der Waals surface area contributed by atoms with Gasteiger partial charge in [0.2, 0.25) is 5.91 Å². The third kappa shape index (κ3) is 3.51. The van der Waals surface area contributed by atoms with E-state index in [-0.39, 0.29) is 30.1 Å². The van der Waals surface area contributed by atoms with Crippen LogP contribution in [0.2, 0.25) is 5.02 Å². The van der Waals surface area contributed by atoms with Crippen LogP contribution in [-0.4, -0.2) is 35.7 Å². The van der Waals surface area contributed by atoms with E-state index in [1.165, 1.54) is 4.90 Å². The van der Waals surface area contributed by atoms with Crippen molar-refractivity contribution in [2.45, 2.75) is 50.8 Å². The van der Waals surface area contributed by atoms with Crippen LogP contribution in [0.15, 0.2) is 24.3 Å². The number of nitrogens with zero attached hydrogens (tertiary/aromatic N) is 1. The number of nitrogens with one attached hydrogen (secondary N) is 1. The largest absolute Gasteiger partial charge is 0.358 e. The van der Waals surface area contributed by atoms with E-state index in [1.54, 1.807) is 0 Å². The number of hydrogen-bond donors (Lipinski definition) is 1. The van der Waals surface area contributed by atoms with Gasteiger partial charge < -0.3 is 10.1 Å². The number of ether oxygens (including phenoxy) is 1. The highest BCUT2D eigenvalue weighted by Gasteiger charge is 2.41. The van der Waals surface area contributed by atoms with Gasteiger partial charge in [-0.2, -0.15) is 0 Å². The molecular weight excluding hydrogens is 316 g/mol. The second-order valence-corrected chi connectivity index (χ2v) is 6.61. The van der Waals surface area contributed by atoms with Crippen molar-refractivity contribution in [3.63, 3.8) is 0 Å². The number of rotatable bonds is 2. The summed E-state index contributed by atoms with van der Waals surface area (Å²) >= 11 is 5.92. The molecule has 23 heavy (non-hydrogen) atoms. The molecule has 2 saturated heterocycles. The molecule has 1 unspecified atom stereocenters. The second-order valence-electron chi connectivity index (χ2n) is 6.17. The van der Waals surface area contributed by atoms with Gasteiger partial charge in [0.25, 0.3) is 0 Å². The molecule has 0 aliphatic carbocycles. The van der Waals surface area contributed by atoms with Crippen molar-refractivity contribution >= 4 is 23.5 Å². The van der Waals surface area contributed by atoms with Gasteiger partial charge in [0.05, 0.1) is 0 Å². The number of hydrogen-bond acceptors (Lipinski definition) is 3. The van der Waals surface area contributed by atoms with Crippen molar-refractivity contribution in [1.29, 1.82) is 0 Å². The number of halogens is 1. The molecule has 3 rings (SSSR count). The minimum Gasteiger partial charge on any atom is -0.358 e. The summed E-state index contributed by atoms with van der Waals surface area (Å²) in [5, 5.41) is 3.49. The number of amides is 3. The number of urea groups is 1. The van der Waals surface area contributed by atoms with E-state index in [1.807, 2.05) is 31.2 Å². The van der Waals surface area contributed by atoms with Crippen molar-refractivity contribution in [2.75, 3.05) is 6.61 Å². The van der Waals surface area contributed by atoms with Gasteiger partial charge in [0, 0.05) is 30.0 Å². The summed E-state index contributed by atoms with van der Waals surface area (Å²) in [6.07, 6.45) is 2.89. The highest BCUT2D eigenvalue weighted by Crippen LogP contribution is 2.34. The summed E-state index contributed by atoms with van der Waals surface area (Å²) in [6, 6.07) is 6.92. The topological polar surface area (TPSA) is 58.6 Å². The molecule has 124 valence electrons. The Bertz CT molecular complexity index is 584. The van der Waals surface area contributed by atoms with Gasteiger partial charge in [-0.15, -0.1) is 0 Å². The molecule has 0 spiro atoms. The number of carbonyl (C=O) groups excluding carboxylic acids is 2. The molecule has 2 fully saturated rings. The van der Waals surface area contributed by atoms with Gasteiger partial charge >= 0.3 is 6.03 Å². The summed E-state index contributed by atoms with van der Waals surface area (Å²) in [5.74, 6) is -0.149. The van der Waals surface area contributed by atoms with Crippen LogP contribution >= 0.6 is 11.6 Å². The smallest absolute Gasteiger partial charge is 0.326 e. The average molecular weight is 337 g/mol. The monoisotopic (exact) mass is 336 g/mol. The molecule has 3 amide bonds. The van der Waals surface area contributed by atoms with Gasteiger partial charge in [-0.3, -0.25) is 9.69 Å². The summed E-state index contributed by atoms with van der Waals surface area (Å²) in [4.78, 5) is 26.1. The minimum atomic E-state index is -0.356. The van der Waals surface area contributed by atoms with Crippen molar-refractivity contribution in [3.05, 3.63) is 34.9 Å². The molecule has 2 heterocycles. The SMILES string of the molecule is C[C@@H]1[C@@H](c2ccc(Cl)cc2)CC(=O)N1C(=O)NC1CCCCO1. The van der Waals surface area contributed by atoms with E-state index < -0.39 is 0 Å². The fraction of sp³-hybridized carbons (Fsp3) is 0.529. The Hall–Kier alpha value is -1.59. The van der Waals surface area contributed by atoms with Crippen LogP contribution in [0, 0.1) is 0 Å². The third-order valence-corrected chi connectivity index (χ3v) is 4.89. The van der Waals surface area contributed by atoms with E-state index >= 15 is 0 Å². The molecule has 6 heteroatoms. The second kappa shape index (κ2) is 6.89. The third-order valence-electron chi connectivity index (χ3n) is 4.63. The number of likely N-dealkylation sites (tertiary alicyclic amines) is 1. The zero-order valence-corrected chi connectivity index (χ0v) is 13.9. The fourth-order valence-corrected chi connectivity index (χ4v) is 3.46. The standard InChI is InChI=1S/C17H21ClN2O3/c1-11-14(12-5-7-13(18)8-6-12)10-16(21)20(11)17(22)19-15-4-2-3-9-23-15/h5-8,11,14-15H,2-4,9-10H2,1H3,(H,19,22)/t11-,14+,15?/m1/s1. The van der Waals surface area contributed by atoms with Crippen LogP contribution < -0.4 is 5.32 Å². The van der Waals surface area contributed by atoms with E-state index in [0.29, 0.717) is 18.1 Å². The van der Waals surface area contributed by atoms with Gasteiger partial charge in [-0.1, -0.05) is 23.7 Å². The Labute approximate surface area is 140 Å². The number of carbonyl (C=O) groups is 2. The Balaban J connectivity index is 1.69. The average Bonchev–Trinajstić information content (AvgIpc) is 2.84. The lowest BCUT2D eigenvalue weighted by Gasteiger charge is -2.28. The Morgan fingerprint density at radius 2 is 2.04 bits per heavy atom. The molecule has 0 radical (unpaired) electrons. The van der Waals surface area contributed by atoms with Gasteiger partial charge in [0.15, 0.2) is 0 Å². The summed E-state index contributed by atoms with van der Waals surface area (Å²) in [7, 11) is 0. The fourth-order valence-electron chi connectivity index (χ4n) is 3.33. The van der Waals surface area contributed by atoms with Crippen LogP contribution in [0.5, 0.6) is 0 Å². The molecule has 5 nitrogen and oxygen atoms in total. The quantitative estimate of drug-likeness (QED) is 0.901. The van der Waals surface area contributed by atoms with Crippen molar-refractivity contribution in [2.24, 2.45) is 0 Å². The maximum Gasteiger partial charge on any atom is 0.326 e. The molecule has 3 atom stereocenters. The van der Waals surface area contributed by atoms with Crippen molar-refractivity contribution < 1.29 is 14.3 Å². The predicted molar refractivity (Wildman–Crippen MR) is 87.2 cm³/mol. The van der Waals surface area contributed by atoms with Gasteiger partial charge in [0.1, 0.15) is 6.23 Å².